The van der Waals surface area contributed by atoms with Gasteiger partial charge in [0.15, 0.2) is 5.78 Å². The van der Waals surface area contributed by atoms with Crippen LogP contribution in [0.5, 0.6) is 0 Å². The summed E-state index contributed by atoms with van der Waals surface area (Å²) in [6, 6.07) is -0.320. The summed E-state index contributed by atoms with van der Waals surface area (Å²) in [4.78, 5) is 37.6. The van der Waals surface area contributed by atoms with Gasteiger partial charge in [0.25, 0.3) is 0 Å². The fourth-order valence-electron chi connectivity index (χ4n) is 2.83. The summed E-state index contributed by atoms with van der Waals surface area (Å²) in [7, 11) is -1.29. The third-order valence-electron chi connectivity index (χ3n) is 4.40. The fraction of sp³-hybridized carbons (Fsp3) is 0.870. The van der Waals surface area contributed by atoms with E-state index in [0.29, 0.717) is 19.4 Å². The van der Waals surface area contributed by atoms with Gasteiger partial charge in [-0.1, -0.05) is 47.3 Å². The third kappa shape index (κ3) is 16.0. The molecule has 0 fully saturated rings. The van der Waals surface area contributed by atoms with Crippen LogP contribution in [0.4, 0.5) is 4.79 Å². The molecule has 0 aliphatic heterocycles. The number of alkyl carbamates (subject to hydrolysis) is 1. The van der Waals surface area contributed by atoms with E-state index in [1.807, 2.05) is 27.7 Å². The maximum absolute atomic E-state index is 12.9. The van der Waals surface area contributed by atoms with Crippen LogP contribution < -0.4 is 10.6 Å². The Kier molecular flexibility index (Phi) is 12.6. The van der Waals surface area contributed by atoms with Crippen molar-refractivity contribution in [2.24, 2.45) is 11.8 Å². The van der Waals surface area contributed by atoms with Gasteiger partial charge in [-0.15, -0.1) is 0 Å². The lowest BCUT2D eigenvalue weighted by Gasteiger charge is -2.25. The Morgan fingerprint density at radius 2 is 1.42 bits per heavy atom. The van der Waals surface area contributed by atoms with Gasteiger partial charge >= 0.3 is 12.1 Å². The van der Waals surface area contributed by atoms with Gasteiger partial charge in [0.2, 0.25) is 0 Å². The number of Topliss-reactive ketones (excluding diaryl/α,β-unsaturated/α-hetero) is 1. The minimum Gasteiger partial charge on any atom is -0.465 e. The maximum Gasteiger partial charge on any atom is 0.408 e. The zero-order chi connectivity index (χ0) is 24.4. The molecule has 2 atom stereocenters. The first-order valence-corrected chi connectivity index (χ1v) is 15.1. The van der Waals surface area contributed by atoms with Crippen molar-refractivity contribution in [3.05, 3.63) is 0 Å². The van der Waals surface area contributed by atoms with Crippen molar-refractivity contribution in [3.8, 4) is 0 Å². The summed E-state index contributed by atoms with van der Waals surface area (Å²) in [5, 5.41) is 5.76. The molecule has 0 saturated heterocycles. The van der Waals surface area contributed by atoms with Gasteiger partial charge in [0, 0.05) is 8.07 Å². The second-order valence-electron chi connectivity index (χ2n) is 11.3. The number of ketones is 1. The fourth-order valence-corrected chi connectivity index (χ4v) is 3.55. The molecule has 0 aliphatic carbocycles. The zero-order valence-electron chi connectivity index (χ0n) is 21.4. The molecule has 182 valence electrons. The summed E-state index contributed by atoms with van der Waals surface area (Å²) in [6.07, 6.45) is 0.457. The number of ether oxygens (including phenoxy) is 2. The molecular formula is C23H46N2O5Si. The van der Waals surface area contributed by atoms with E-state index in [9.17, 15) is 14.4 Å². The molecule has 0 heterocycles. The smallest absolute Gasteiger partial charge is 0.408 e. The molecular weight excluding hydrogens is 412 g/mol. The summed E-state index contributed by atoms with van der Waals surface area (Å²) < 4.78 is 10.8. The molecule has 0 aromatic carbocycles. The minimum absolute atomic E-state index is 0.0201. The van der Waals surface area contributed by atoms with Gasteiger partial charge in [-0.05, 0) is 51.5 Å². The molecule has 7 nitrogen and oxygen atoms in total. The second kappa shape index (κ2) is 13.2. The summed E-state index contributed by atoms with van der Waals surface area (Å²) in [6.45, 7) is 20.4. The Morgan fingerprint density at radius 3 is 1.87 bits per heavy atom. The van der Waals surface area contributed by atoms with Crippen molar-refractivity contribution in [1.82, 2.24) is 10.6 Å². The Morgan fingerprint density at radius 1 is 0.903 bits per heavy atom. The van der Waals surface area contributed by atoms with Gasteiger partial charge in [-0.2, -0.15) is 0 Å². The third-order valence-corrected chi connectivity index (χ3v) is 6.10. The van der Waals surface area contributed by atoms with Crippen molar-refractivity contribution in [1.29, 1.82) is 0 Å². The van der Waals surface area contributed by atoms with Crippen LogP contribution in [0.15, 0.2) is 0 Å². The van der Waals surface area contributed by atoms with Crippen LogP contribution in [0.1, 0.15) is 61.3 Å². The van der Waals surface area contributed by atoms with Gasteiger partial charge in [-0.3, -0.25) is 14.9 Å². The number of hydrogen-bond donors (Lipinski definition) is 2. The molecule has 0 bridgehead atoms. The molecule has 0 aliphatic rings. The molecule has 0 rings (SSSR count). The van der Waals surface area contributed by atoms with E-state index in [0.717, 1.165) is 6.04 Å². The van der Waals surface area contributed by atoms with Crippen molar-refractivity contribution < 1.29 is 23.9 Å². The first kappa shape index (κ1) is 29.6. The second-order valence-corrected chi connectivity index (χ2v) is 17.0. The van der Waals surface area contributed by atoms with E-state index in [1.54, 1.807) is 20.8 Å². The molecule has 31 heavy (non-hydrogen) atoms. The molecule has 1 unspecified atom stereocenters. The number of esters is 1. The average molecular weight is 459 g/mol. The number of nitrogens with one attached hydrogen (secondary N) is 2. The predicted octanol–water partition coefficient (Wildman–Crippen LogP) is 4.38. The highest BCUT2D eigenvalue weighted by atomic mass is 28.3. The number of rotatable bonds is 13. The lowest BCUT2D eigenvalue weighted by Crippen LogP contribution is -2.49. The summed E-state index contributed by atoms with van der Waals surface area (Å²) in [5.74, 6) is -0.0196. The largest absolute Gasteiger partial charge is 0.465 e. The van der Waals surface area contributed by atoms with Gasteiger partial charge in [0.05, 0.1) is 19.2 Å². The van der Waals surface area contributed by atoms with Crippen LogP contribution in [-0.2, 0) is 19.1 Å². The van der Waals surface area contributed by atoms with Crippen molar-refractivity contribution in [3.63, 3.8) is 0 Å². The van der Waals surface area contributed by atoms with Crippen LogP contribution in [-0.4, -0.2) is 56.8 Å². The highest BCUT2D eigenvalue weighted by Crippen LogP contribution is 2.12. The average Bonchev–Trinajstić information content (AvgIpc) is 2.53. The molecule has 0 saturated carbocycles. The predicted molar refractivity (Wildman–Crippen MR) is 128 cm³/mol. The molecule has 2 N–H and O–H groups in total. The number of carbonyl (C=O) groups excluding carboxylic acids is 3. The van der Waals surface area contributed by atoms with E-state index in [-0.39, 0.29) is 30.1 Å². The van der Waals surface area contributed by atoms with E-state index in [2.05, 4.69) is 30.3 Å². The first-order valence-electron chi connectivity index (χ1n) is 11.4. The van der Waals surface area contributed by atoms with Crippen LogP contribution in [0.3, 0.4) is 0 Å². The lowest BCUT2D eigenvalue weighted by atomic mass is 9.99. The summed E-state index contributed by atoms with van der Waals surface area (Å²) >= 11 is 0. The van der Waals surface area contributed by atoms with E-state index >= 15 is 0 Å². The van der Waals surface area contributed by atoms with Gasteiger partial charge in [0.1, 0.15) is 11.6 Å². The molecule has 0 radical (unpaired) electrons. The highest BCUT2D eigenvalue weighted by molar-refractivity contribution is 6.76. The normalized spacial score (nSPS) is 14.3. The summed E-state index contributed by atoms with van der Waals surface area (Å²) in [5.41, 5.74) is -0.643. The Bertz CT molecular complexity index is 579. The molecule has 0 aromatic heterocycles. The minimum atomic E-state index is -1.29. The SMILES string of the molecule is CC(C)CC(NC(=O)OC(C)(C)C)C(=O)CN[C@@H](CC(C)C)C(=O)OCC[Si](C)(C)C. The first-order chi connectivity index (χ1) is 14.0. The van der Waals surface area contributed by atoms with Crippen molar-refractivity contribution >= 4 is 25.9 Å². The number of amides is 1. The van der Waals surface area contributed by atoms with Crippen LogP contribution in [0, 0.1) is 11.8 Å². The Balaban J connectivity index is 5.00. The van der Waals surface area contributed by atoms with Crippen LogP contribution in [0.25, 0.3) is 0 Å². The number of hydrogen-bond acceptors (Lipinski definition) is 6. The topological polar surface area (TPSA) is 93.7 Å². The molecule has 8 heteroatoms. The zero-order valence-corrected chi connectivity index (χ0v) is 22.4. The van der Waals surface area contributed by atoms with Crippen LogP contribution in [0.2, 0.25) is 25.7 Å². The molecule has 0 aromatic rings. The van der Waals surface area contributed by atoms with Crippen molar-refractivity contribution in [2.75, 3.05) is 13.2 Å². The highest BCUT2D eigenvalue weighted by Gasteiger charge is 2.28. The Hall–Kier alpha value is -1.41. The van der Waals surface area contributed by atoms with E-state index in [1.165, 1.54) is 0 Å². The van der Waals surface area contributed by atoms with Crippen molar-refractivity contribution in [2.45, 2.75) is 105 Å². The van der Waals surface area contributed by atoms with E-state index in [4.69, 9.17) is 9.47 Å². The standard InChI is InChI=1S/C23H46N2O5Si/c1-16(2)13-18(25-22(28)30-23(5,6)7)20(26)15-24-19(14-17(3)4)21(27)29-11-12-31(8,9)10/h16-19,24H,11-15H2,1-10H3,(H,25,28)/t18?,19-/m0/s1. The van der Waals surface area contributed by atoms with Crippen LogP contribution >= 0.6 is 0 Å². The quantitative estimate of drug-likeness (QED) is 0.314. The Labute approximate surface area is 190 Å². The molecule has 0 spiro atoms. The van der Waals surface area contributed by atoms with E-state index < -0.39 is 31.9 Å². The maximum atomic E-state index is 12.9. The molecule has 1 amide bonds. The lowest BCUT2D eigenvalue weighted by molar-refractivity contribution is -0.146. The van der Waals surface area contributed by atoms with Gasteiger partial charge < -0.3 is 14.8 Å². The van der Waals surface area contributed by atoms with Gasteiger partial charge in [-0.25, -0.2) is 4.79 Å². The number of carbonyl (C=O) groups is 3. The monoisotopic (exact) mass is 458 g/mol.